The Bertz CT molecular complexity index is 51.5. The van der Waals surface area contributed by atoms with Crippen LogP contribution in [-0.4, -0.2) is 5.75 Å². The van der Waals surface area contributed by atoms with Gasteiger partial charge in [0.1, 0.15) is 0 Å². The topological polar surface area (TPSA) is 0 Å². The van der Waals surface area contributed by atoms with E-state index in [2.05, 4.69) is 6.58 Å². The van der Waals surface area contributed by atoms with Crippen molar-refractivity contribution < 1.29 is 0 Å². The number of hydrogen-bond acceptors (Lipinski definition) is 1. The summed E-state index contributed by atoms with van der Waals surface area (Å²) in [5.74, 6) is 1.02. The van der Waals surface area contributed by atoms with E-state index in [0.29, 0.717) is 4.36 Å². The maximum absolute atomic E-state index is 5.35. The van der Waals surface area contributed by atoms with Crippen LogP contribution in [0.25, 0.3) is 0 Å². The largest absolute Gasteiger partial charge is 0.115 e. The normalized spacial score (nSPS) is 8.33. The first-order valence-electron chi connectivity index (χ1n) is 1.74. The van der Waals surface area contributed by atoms with Crippen molar-refractivity contribution in [3.8, 4) is 0 Å². The number of halogens is 1. The van der Waals surface area contributed by atoms with E-state index < -0.39 is 0 Å². The van der Waals surface area contributed by atoms with Crippen LogP contribution in [0.1, 0.15) is 6.92 Å². The van der Waals surface area contributed by atoms with Gasteiger partial charge in [-0.1, -0.05) is 25.1 Å². The molecule has 0 aliphatic carbocycles. The van der Waals surface area contributed by atoms with Crippen molar-refractivity contribution in [3.63, 3.8) is 0 Å². The summed E-state index contributed by atoms with van der Waals surface area (Å²) in [6, 6.07) is 0. The molecule has 0 aromatic heterocycles. The second kappa shape index (κ2) is 3.57. The molecule has 0 saturated carbocycles. The van der Waals surface area contributed by atoms with Gasteiger partial charge in [-0.25, -0.2) is 0 Å². The van der Waals surface area contributed by atoms with Gasteiger partial charge in [-0.3, -0.25) is 0 Å². The first-order chi connectivity index (χ1) is 2.77. The fourth-order valence-corrected chi connectivity index (χ4v) is 0.797. The van der Waals surface area contributed by atoms with Gasteiger partial charge in [-0.2, -0.15) is 0 Å². The van der Waals surface area contributed by atoms with E-state index in [-0.39, 0.29) is 0 Å². The lowest BCUT2D eigenvalue weighted by Gasteiger charge is -1.84. The van der Waals surface area contributed by atoms with Gasteiger partial charge in [0.05, 0.1) is 4.36 Å². The summed E-state index contributed by atoms with van der Waals surface area (Å²) >= 11 is 6.90. The summed E-state index contributed by atoms with van der Waals surface area (Å²) in [5.41, 5.74) is 0. The van der Waals surface area contributed by atoms with Crippen LogP contribution < -0.4 is 0 Å². The van der Waals surface area contributed by atoms with Gasteiger partial charge >= 0.3 is 0 Å². The molecule has 0 aliphatic heterocycles. The molecular weight excluding hydrogens is 116 g/mol. The first kappa shape index (κ1) is 6.38. The molecule has 0 atom stereocenters. The molecule has 0 radical (unpaired) electrons. The molecular formula is C4H7ClS. The highest BCUT2D eigenvalue weighted by atomic mass is 35.5. The van der Waals surface area contributed by atoms with Crippen molar-refractivity contribution in [2.24, 2.45) is 0 Å². The van der Waals surface area contributed by atoms with Gasteiger partial charge in [0.25, 0.3) is 0 Å². The van der Waals surface area contributed by atoms with Crippen molar-refractivity contribution >= 4 is 23.4 Å². The van der Waals surface area contributed by atoms with E-state index in [1.54, 1.807) is 11.8 Å². The lowest BCUT2D eigenvalue weighted by molar-refractivity contribution is 1.53. The van der Waals surface area contributed by atoms with Gasteiger partial charge in [-0.05, 0) is 5.75 Å². The maximum Gasteiger partial charge on any atom is 0.0662 e. The lowest BCUT2D eigenvalue weighted by atomic mass is 11.0. The van der Waals surface area contributed by atoms with Gasteiger partial charge in [0.15, 0.2) is 0 Å². The standard InChI is InChI=1S/C4H7ClS/c1-3-6-4(2)5/h2-3H2,1H3. The first-order valence-corrected chi connectivity index (χ1v) is 3.11. The molecule has 0 bridgehead atoms. The Kier molecular flexibility index (Phi) is 3.79. The van der Waals surface area contributed by atoms with E-state index in [1.807, 2.05) is 6.92 Å². The van der Waals surface area contributed by atoms with E-state index in [9.17, 15) is 0 Å². The number of rotatable bonds is 2. The fourth-order valence-electron chi connectivity index (χ4n) is 0.157. The van der Waals surface area contributed by atoms with Crippen LogP contribution in [0.4, 0.5) is 0 Å². The van der Waals surface area contributed by atoms with E-state index in [1.165, 1.54) is 0 Å². The van der Waals surface area contributed by atoms with Crippen LogP contribution in [0.3, 0.4) is 0 Å². The highest BCUT2D eigenvalue weighted by molar-refractivity contribution is 8.04. The molecule has 0 N–H and O–H groups in total. The summed E-state index contributed by atoms with van der Waals surface area (Å²) in [7, 11) is 0. The van der Waals surface area contributed by atoms with E-state index in [0.717, 1.165) is 5.75 Å². The minimum absolute atomic E-state index is 0.678. The minimum atomic E-state index is 0.678. The van der Waals surface area contributed by atoms with Crippen LogP contribution in [-0.2, 0) is 0 Å². The third-order valence-electron chi connectivity index (χ3n) is 0.301. The average Bonchev–Trinajstić information content (AvgIpc) is 1.35. The Balaban J connectivity index is 2.83. The van der Waals surface area contributed by atoms with Crippen LogP contribution in [0.2, 0.25) is 0 Å². The Morgan fingerprint density at radius 2 is 2.50 bits per heavy atom. The van der Waals surface area contributed by atoms with Crippen molar-refractivity contribution in [1.29, 1.82) is 0 Å². The predicted molar refractivity (Wildman–Crippen MR) is 33.1 cm³/mol. The van der Waals surface area contributed by atoms with E-state index in [4.69, 9.17) is 11.6 Å². The minimum Gasteiger partial charge on any atom is -0.115 e. The molecule has 0 nitrogen and oxygen atoms in total. The summed E-state index contributed by atoms with van der Waals surface area (Å²) in [6.45, 7) is 5.51. The Hall–Kier alpha value is 0.380. The summed E-state index contributed by atoms with van der Waals surface area (Å²) in [5, 5.41) is 0. The Labute approximate surface area is 47.6 Å². The SMILES string of the molecule is C=C(Cl)SCC. The predicted octanol–water partition coefficient (Wildman–Crippen LogP) is 2.45. The molecule has 0 aliphatic rings. The number of hydrogen-bond donors (Lipinski definition) is 0. The summed E-state index contributed by atoms with van der Waals surface area (Å²) in [6.07, 6.45) is 0. The second-order valence-electron chi connectivity index (χ2n) is 0.788. The van der Waals surface area contributed by atoms with Gasteiger partial charge in [0, 0.05) is 0 Å². The molecule has 36 valence electrons. The quantitative estimate of drug-likeness (QED) is 0.542. The molecule has 0 saturated heterocycles. The molecule has 0 amide bonds. The molecule has 0 rings (SSSR count). The van der Waals surface area contributed by atoms with Crippen molar-refractivity contribution in [2.75, 3.05) is 5.75 Å². The molecule has 0 spiro atoms. The average molecular weight is 123 g/mol. The molecule has 0 fully saturated rings. The van der Waals surface area contributed by atoms with Gasteiger partial charge in [0.2, 0.25) is 0 Å². The van der Waals surface area contributed by atoms with Crippen molar-refractivity contribution in [2.45, 2.75) is 6.92 Å². The monoisotopic (exact) mass is 122 g/mol. The van der Waals surface area contributed by atoms with Gasteiger partial charge in [-0.15, -0.1) is 11.8 Å². The Morgan fingerprint density at radius 3 is 2.50 bits per heavy atom. The lowest BCUT2D eigenvalue weighted by Crippen LogP contribution is -1.58. The molecule has 0 heterocycles. The zero-order valence-electron chi connectivity index (χ0n) is 3.70. The van der Waals surface area contributed by atoms with Crippen LogP contribution in [0.15, 0.2) is 10.9 Å². The highest BCUT2D eigenvalue weighted by Gasteiger charge is 1.79. The van der Waals surface area contributed by atoms with Crippen LogP contribution >= 0.6 is 23.4 Å². The molecule has 0 aromatic rings. The zero-order valence-corrected chi connectivity index (χ0v) is 5.27. The molecule has 0 unspecified atom stereocenters. The molecule has 2 heteroatoms. The Morgan fingerprint density at radius 1 is 2.00 bits per heavy atom. The van der Waals surface area contributed by atoms with Gasteiger partial charge < -0.3 is 0 Å². The highest BCUT2D eigenvalue weighted by Crippen LogP contribution is 2.15. The third kappa shape index (κ3) is 4.38. The smallest absolute Gasteiger partial charge is 0.0662 e. The molecule has 6 heavy (non-hydrogen) atoms. The van der Waals surface area contributed by atoms with Crippen molar-refractivity contribution in [3.05, 3.63) is 10.9 Å². The third-order valence-corrected chi connectivity index (χ3v) is 1.23. The second-order valence-corrected chi connectivity index (χ2v) is 2.83. The van der Waals surface area contributed by atoms with Crippen LogP contribution in [0.5, 0.6) is 0 Å². The van der Waals surface area contributed by atoms with E-state index >= 15 is 0 Å². The number of thioether (sulfide) groups is 1. The summed E-state index contributed by atoms with van der Waals surface area (Å²) < 4.78 is 0.678. The van der Waals surface area contributed by atoms with Crippen molar-refractivity contribution in [1.82, 2.24) is 0 Å². The molecule has 0 aromatic carbocycles. The maximum atomic E-state index is 5.35. The zero-order chi connectivity index (χ0) is 4.99. The van der Waals surface area contributed by atoms with Crippen LogP contribution in [0, 0.1) is 0 Å². The fraction of sp³-hybridized carbons (Fsp3) is 0.500. The summed E-state index contributed by atoms with van der Waals surface area (Å²) in [4.78, 5) is 0.